The topological polar surface area (TPSA) is 60.7 Å². The Morgan fingerprint density at radius 1 is 0.914 bits per heavy atom. The molecule has 5 rings (SSSR count). The van der Waals surface area contributed by atoms with Crippen molar-refractivity contribution in [3.63, 3.8) is 0 Å². The first kappa shape index (κ1) is 22.8. The van der Waals surface area contributed by atoms with Crippen LogP contribution in [0.4, 0.5) is 0 Å². The molecule has 0 fully saturated rings. The number of benzene rings is 3. The highest BCUT2D eigenvalue weighted by atomic mass is 16.5. The van der Waals surface area contributed by atoms with E-state index in [2.05, 4.69) is 11.5 Å². The molecule has 1 aliphatic rings. The number of hydrogen-bond acceptors (Lipinski definition) is 4. The lowest BCUT2D eigenvalue weighted by molar-refractivity contribution is 0.104. The normalized spacial score (nSPS) is 12.1. The van der Waals surface area contributed by atoms with E-state index in [9.17, 15) is 9.90 Å². The molecule has 0 atom stereocenters. The van der Waals surface area contributed by atoms with Crippen LogP contribution < -0.4 is 9.47 Å². The molecule has 4 aromatic rings. The van der Waals surface area contributed by atoms with E-state index < -0.39 is 0 Å². The van der Waals surface area contributed by atoms with E-state index in [1.807, 2.05) is 68.4 Å². The van der Waals surface area contributed by atoms with Crippen LogP contribution in [0.2, 0.25) is 0 Å². The van der Waals surface area contributed by atoms with Crippen molar-refractivity contribution in [2.24, 2.45) is 0 Å². The van der Waals surface area contributed by atoms with Crippen LogP contribution in [0, 0.1) is 20.8 Å². The summed E-state index contributed by atoms with van der Waals surface area (Å²) in [7, 11) is 3.26. The molecule has 1 aromatic heterocycles. The van der Waals surface area contributed by atoms with E-state index in [0.717, 1.165) is 57.7 Å². The van der Waals surface area contributed by atoms with Crippen LogP contribution in [0.1, 0.15) is 38.3 Å². The number of fused-ring (bicyclic) bond motifs is 3. The summed E-state index contributed by atoms with van der Waals surface area (Å²) in [6.45, 7) is 6.61. The van der Waals surface area contributed by atoms with Crippen molar-refractivity contribution in [1.82, 2.24) is 4.57 Å². The minimum absolute atomic E-state index is 0.0246. The van der Waals surface area contributed by atoms with Gasteiger partial charge in [-0.15, -0.1) is 0 Å². The molecule has 178 valence electrons. The van der Waals surface area contributed by atoms with E-state index in [1.165, 1.54) is 0 Å². The van der Waals surface area contributed by atoms with E-state index in [-0.39, 0.29) is 11.5 Å². The number of ether oxygens (including phenoxy) is 2. The second-order valence-electron chi connectivity index (χ2n) is 9.10. The third-order valence-electron chi connectivity index (χ3n) is 7.04. The summed E-state index contributed by atoms with van der Waals surface area (Å²) in [5.74, 6) is 1.58. The zero-order valence-corrected chi connectivity index (χ0v) is 20.7. The Morgan fingerprint density at radius 2 is 1.54 bits per heavy atom. The molecule has 5 nitrogen and oxygen atoms in total. The zero-order chi connectivity index (χ0) is 24.9. The van der Waals surface area contributed by atoms with Crippen molar-refractivity contribution in [3.05, 3.63) is 88.1 Å². The van der Waals surface area contributed by atoms with Crippen LogP contribution >= 0.6 is 0 Å². The summed E-state index contributed by atoms with van der Waals surface area (Å²) in [4.78, 5) is 14.1. The average molecular weight is 468 g/mol. The first-order valence-corrected chi connectivity index (χ1v) is 11.7. The highest BCUT2D eigenvalue weighted by Gasteiger charge is 2.32. The van der Waals surface area contributed by atoms with Crippen LogP contribution in [0.25, 0.3) is 22.4 Å². The van der Waals surface area contributed by atoms with Gasteiger partial charge >= 0.3 is 0 Å². The monoisotopic (exact) mass is 467 g/mol. The first-order chi connectivity index (χ1) is 16.8. The van der Waals surface area contributed by atoms with Crippen LogP contribution in [-0.4, -0.2) is 29.7 Å². The summed E-state index contributed by atoms with van der Waals surface area (Å²) in [6.07, 6.45) is 0.824. The first-order valence-electron chi connectivity index (χ1n) is 11.7. The molecular formula is C30H29NO4. The van der Waals surface area contributed by atoms with Crippen molar-refractivity contribution in [3.8, 4) is 39.6 Å². The second kappa shape index (κ2) is 8.66. The lowest BCUT2D eigenvalue weighted by Gasteiger charge is -2.23. The Bertz CT molecular complexity index is 1440. The number of phenols is 1. The van der Waals surface area contributed by atoms with Gasteiger partial charge in [0, 0.05) is 28.9 Å². The Morgan fingerprint density at radius 3 is 2.17 bits per heavy atom. The van der Waals surface area contributed by atoms with Gasteiger partial charge in [0.25, 0.3) is 0 Å². The fourth-order valence-corrected chi connectivity index (χ4v) is 5.29. The maximum atomic E-state index is 14.1. The number of nitrogens with zero attached hydrogens (tertiary/aromatic N) is 1. The molecule has 3 aromatic carbocycles. The minimum Gasteiger partial charge on any atom is -0.507 e. The predicted molar refractivity (Wildman–Crippen MR) is 138 cm³/mol. The lowest BCUT2D eigenvalue weighted by Crippen LogP contribution is -2.14. The van der Waals surface area contributed by atoms with E-state index in [0.29, 0.717) is 22.6 Å². The van der Waals surface area contributed by atoms with E-state index in [4.69, 9.17) is 9.47 Å². The molecule has 0 saturated carbocycles. The Labute approximate surface area is 205 Å². The van der Waals surface area contributed by atoms with Crippen molar-refractivity contribution < 1.29 is 19.4 Å². The van der Waals surface area contributed by atoms with Crippen LogP contribution in [-0.2, 0) is 13.0 Å². The van der Waals surface area contributed by atoms with E-state index >= 15 is 0 Å². The number of ketones is 1. The summed E-state index contributed by atoms with van der Waals surface area (Å²) < 4.78 is 13.4. The SMILES string of the molecule is COc1cc2c(cc1OC)-c1c(C(=O)c3ccccc3)c(-c3cc(C)c(O)c(C)c3)c(C)n1CC2. The minimum atomic E-state index is -0.0246. The van der Waals surface area contributed by atoms with Gasteiger partial charge < -0.3 is 19.1 Å². The highest BCUT2D eigenvalue weighted by molar-refractivity contribution is 6.17. The average Bonchev–Trinajstić information content (AvgIpc) is 3.18. The number of phenolic OH excluding ortho intramolecular Hbond substituents is 1. The second-order valence-corrected chi connectivity index (χ2v) is 9.10. The van der Waals surface area contributed by atoms with Crippen LogP contribution in [0.3, 0.4) is 0 Å². The molecule has 1 aliphatic heterocycles. The van der Waals surface area contributed by atoms with E-state index in [1.54, 1.807) is 14.2 Å². The molecule has 0 radical (unpaired) electrons. The van der Waals surface area contributed by atoms with Gasteiger partial charge in [0.15, 0.2) is 17.3 Å². The fraction of sp³-hybridized carbons (Fsp3) is 0.233. The van der Waals surface area contributed by atoms with Crippen molar-refractivity contribution in [2.45, 2.75) is 33.7 Å². The molecule has 5 heteroatoms. The molecule has 0 bridgehead atoms. The van der Waals surface area contributed by atoms with Gasteiger partial charge in [-0.25, -0.2) is 0 Å². The van der Waals surface area contributed by atoms with Crippen molar-refractivity contribution in [2.75, 3.05) is 14.2 Å². The highest BCUT2D eigenvalue weighted by Crippen LogP contribution is 2.46. The van der Waals surface area contributed by atoms with Gasteiger partial charge in [0.05, 0.1) is 25.5 Å². The molecule has 2 heterocycles. The zero-order valence-electron chi connectivity index (χ0n) is 20.7. The molecule has 0 amide bonds. The van der Waals surface area contributed by atoms with Gasteiger partial charge in [-0.2, -0.15) is 0 Å². The smallest absolute Gasteiger partial charge is 0.195 e. The van der Waals surface area contributed by atoms with Gasteiger partial charge in [0.2, 0.25) is 0 Å². The molecule has 0 unspecified atom stereocenters. The molecule has 0 saturated heterocycles. The standard InChI is InChI=1S/C30H29NO4/c1-17-13-22(14-18(2)29(17)32)26-19(3)31-12-11-21-15-24(34-4)25(35-5)16-23(21)28(31)27(26)30(33)20-9-7-6-8-10-20/h6-10,13-16,32H,11-12H2,1-5H3. The number of hydrogen-bond donors (Lipinski definition) is 1. The molecule has 0 aliphatic carbocycles. The Balaban J connectivity index is 1.86. The van der Waals surface area contributed by atoms with Gasteiger partial charge in [-0.3, -0.25) is 4.79 Å². The van der Waals surface area contributed by atoms with Crippen molar-refractivity contribution in [1.29, 1.82) is 0 Å². The largest absolute Gasteiger partial charge is 0.507 e. The molecular weight excluding hydrogens is 438 g/mol. The lowest BCUT2D eigenvalue weighted by atomic mass is 9.89. The van der Waals surface area contributed by atoms with Crippen LogP contribution in [0.5, 0.6) is 17.2 Å². The maximum absolute atomic E-state index is 14.1. The number of aromatic nitrogens is 1. The summed E-state index contributed by atoms with van der Waals surface area (Å²) in [6, 6.07) is 17.3. The fourth-order valence-electron chi connectivity index (χ4n) is 5.29. The molecule has 1 N–H and O–H groups in total. The summed E-state index contributed by atoms with van der Waals surface area (Å²) in [5, 5.41) is 10.4. The maximum Gasteiger partial charge on any atom is 0.195 e. The predicted octanol–water partition coefficient (Wildman–Crippen LogP) is 6.26. The number of aromatic hydroxyl groups is 1. The number of methoxy groups -OCH3 is 2. The molecule has 35 heavy (non-hydrogen) atoms. The number of rotatable bonds is 5. The third-order valence-corrected chi connectivity index (χ3v) is 7.04. The quantitative estimate of drug-likeness (QED) is 0.352. The number of aryl methyl sites for hydroxylation is 3. The van der Waals surface area contributed by atoms with Gasteiger partial charge in [-0.05, 0) is 73.7 Å². The third kappa shape index (κ3) is 3.59. The summed E-state index contributed by atoms with van der Waals surface area (Å²) >= 11 is 0. The Hall–Kier alpha value is -3.99. The van der Waals surface area contributed by atoms with Crippen LogP contribution in [0.15, 0.2) is 54.6 Å². The van der Waals surface area contributed by atoms with Crippen molar-refractivity contribution >= 4 is 5.78 Å². The van der Waals surface area contributed by atoms with Gasteiger partial charge in [0.1, 0.15) is 5.75 Å². The summed E-state index contributed by atoms with van der Waals surface area (Å²) in [5.41, 5.74) is 8.76. The Kier molecular flexibility index (Phi) is 5.64. The molecule has 0 spiro atoms. The number of carbonyl (C=O) groups excluding carboxylic acids is 1. The van der Waals surface area contributed by atoms with Gasteiger partial charge in [-0.1, -0.05) is 30.3 Å². The number of carbonyl (C=O) groups is 1.